The lowest BCUT2D eigenvalue weighted by Gasteiger charge is -2.06. The molecule has 0 spiro atoms. The van der Waals surface area contributed by atoms with Gasteiger partial charge >= 0.3 is 5.97 Å². The molecule has 0 bridgehead atoms. The maximum absolute atomic E-state index is 11.7. The van der Waals surface area contributed by atoms with Crippen LogP contribution in [0.3, 0.4) is 0 Å². The molecule has 0 fully saturated rings. The fraction of sp³-hybridized carbons (Fsp3) is 0.348. The van der Waals surface area contributed by atoms with Crippen LogP contribution in [0.25, 0.3) is 0 Å². The van der Waals surface area contributed by atoms with Crippen molar-refractivity contribution in [3.05, 3.63) is 54.1 Å². The van der Waals surface area contributed by atoms with Crippen molar-refractivity contribution < 1.29 is 14.3 Å². The van der Waals surface area contributed by atoms with Crippen LogP contribution in [0.4, 0.5) is 11.4 Å². The predicted octanol–water partition coefficient (Wildman–Crippen LogP) is 6.24. The van der Waals surface area contributed by atoms with E-state index >= 15 is 0 Å². The fourth-order valence-electron chi connectivity index (χ4n) is 2.47. The van der Waals surface area contributed by atoms with E-state index in [1.54, 1.807) is 24.3 Å². The number of ether oxygens (including phenoxy) is 2. The van der Waals surface area contributed by atoms with Crippen molar-refractivity contribution >= 4 is 17.3 Å². The molecule has 0 aliphatic heterocycles. The lowest BCUT2D eigenvalue weighted by Crippen LogP contribution is -2.04. The highest BCUT2D eigenvalue weighted by molar-refractivity contribution is 5.89. The monoisotopic (exact) mass is 378 g/mol. The summed E-state index contributed by atoms with van der Waals surface area (Å²) in [6.07, 6.45) is 11.2. The van der Waals surface area contributed by atoms with Crippen molar-refractivity contribution in [2.45, 2.75) is 39.0 Å². The van der Waals surface area contributed by atoms with Gasteiger partial charge in [-0.15, -0.1) is 6.42 Å². The van der Waals surface area contributed by atoms with Crippen molar-refractivity contribution in [1.29, 1.82) is 0 Å². The Hall–Kier alpha value is -3.13. The number of esters is 1. The van der Waals surface area contributed by atoms with E-state index in [2.05, 4.69) is 23.1 Å². The van der Waals surface area contributed by atoms with Gasteiger partial charge in [-0.1, -0.05) is 38.5 Å². The molecule has 2 aromatic carbocycles. The number of carbonyl (C=O) groups is 1. The Balaban J connectivity index is 1.80. The predicted molar refractivity (Wildman–Crippen MR) is 110 cm³/mol. The molecule has 28 heavy (non-hydrogen) atoms. The third kappa shape index (κ3) is 7.63. The first-order valence-corrected chi connectivity index (χ1v) is 9.58. The van der Waals surface area contributed by atoms with Gasteiger partial charge < -0.3 is 9.47 Å². The quantitative estimate of drug-likeness (QED) is 0.201. The number of hydrogen-bond donors (Lipinski definition) is 0. The van der Waals surface area contributed by atoms with Crippen molar-refractivity contribution in [2.75, 3.05) is 13.2 Å². The van der Waals surface area contributed by atoms with E-state index in [9.17, 15) is 4.79 Å². The van der Waals surface area contributed by atoms with Crippen LogP contribution >= 0.6 is 0 Å². The molecule has 0 aliphatic carbocycles. The number of carbonyl (C=O) groups excluding carboxylic acids is 1. The van der Waals surface area contributed by atoms with Crippen LogP contribution in [0.2, 0.25) is 0 Å². The molecular formula is C23H26N2O3. The van der Waals surface area contributed by atoms with E-state index < -0.39 is 5.97 Å². The molecule has 0 amide bonds. The molecule has 2 aromatic rings. The van der Waals surface area contributed by atoms with Crippen LogP contribution in [0.15, 0.2) is 58.8 Å². The fourth-order valence-corrected chi connectivity index (χ4v) is 2.47. The maximum Gasteiger partial charge on any atom is 0.339 e. The van der Waals surface area contributed by atoms with E-state index in [0.717, 1.165) is 24.5 Å². The first-order chi connectivity index (χ1) is 13.7. The van der Waals surface area contributed by atoms with Gasteiger partial charge in [0.25, 0.3) is 0 Å². The summed E-state index contributed by atoms with van der Waals surface area (Å²) in [7, 11) is 0. The zero-order chi connectivity index (χ0) is 20.0. The molecule has 0 aliphatic rings. The molecule has 0 atom stereocenters. The first kappa shape index (κ1) is 21.2. The third-order valence-corrected chi connectivity index (χ3v) is 4.02. The summed E-state index contributed by atoms with van der Waals surface area (Å²) >= 11 is 0. The van der Waals surface area contributed by atoms with Crippen molar-refractivity contribution in [1.82, 2.24) is 0 Å². The van der Waals surface area contributed by atoms with Crippen LogP contribution in [-0.4, -0.2) is 19.2 Å². The number of hydrogen-bond acceptors (Lipinski definition) is 5. The molecule has 0 saturated heterocycles. The van der Waals surface area contributed by atoms with Gasteiger partial charge in [0.1, 0.15) is 5.75 Å². The second-order valence-corrected chi connectivity index (χ2v) is 6.28. The van der Waals surface area contributed by atoms with Gasteiger partial charge in [-0.05, 0) is 55.0 Å². The Morgan fingerprint density at radius 2 is 1.54 bits per heavy atom. The van der Waals surface area contributed by atoms with Gasteiger partial charge in [0.2, 0.25) is 0 Å². The minimum atomic E-state index is -0.456. The SMILES string of the molecule is C#CCOC(=O)c1ccc(N=Nc2ccc(OCCCCCCC)cc2)cc1. The van der Waals surface area contributed by atoms with Gasteiger partial charge in [0.15, 0.2) is 6.61 Å². The van der Waals surface area contributed by atoms with Crippen LogP contribution < -0.4 is 4.74 Å². The molecular weight excluding hydrogens is 352 g/mol. The van der Waals surface area contributed by atoms with Crippen molar-refractivity contribution in [3.8, 4) is 18.1 Å². The molecule has 0 aromatic heterocycles. The molecule has 0 saturated carbocycles. The first-order valence-electron chi connectivity index (χ1n) is 9.58. The highest BCUT2D eigenvalue weighted by atomic mass is 16.5. The normalized spacial score (nSPS) is 10.6. The van der Waals surface area contributed by atoms with Gasteiger partial charge in [-0.25, -0.2) is 4.79 Å². The summed E-state index contributed by atoms with van der Waals surface area (Å²) in [6.45, 7) is 2.91. The van der Waals surface area contributed by atoms with E-state index in [-0.39, 0.29) is 6.61 Å². The molecule has 2 rings (SSSR count). The molecule has 5 nitrogen and oxygen atoms in total. The summed E-state index contributed by atoms with van der Waals surface area (Å²) in [4.78, 5) is 11.7. The number of unbranched alkanes of at least 4 members (excludes halogenated alkanes) is 4. The summed E-state index contributed by atoms with van der Waals surface area (Å²) in [5.41, 5.74) is 1.79. The number of rotatable bonds is 11. The third-order valence-electron chi connectivity index (χ3n) is 4.02. The van der Waals surface area contributed by atoms with E-state index in [4.69, 9.17) is 15.9 Å². The Bertz CT molecular complexity index is 790. The number of benzene rings is 2. The van der Waals surface area contributed by atoms with Gasteiger partial charge in [0.05, 0.1) is 23.5 Å². The van der Waals surface area contributed by atoms with Crippen molar-refractivity contribution in [2.24, 2.45) is 10.2 Å². The van der Waals surface area contributed by atoms with Crippen LogP contribution in [0, 0.1) is 12.3 Å². The van der Waals surface area contributed by atoms with Gasteiger partial charge in [-0.2, -0.15) is 10.2 Å². The topological polar surface area (TPSA) is 60.2 Å². The Morgan fingerprint density at radius 3 is 2.14 bits per heavy atom. The molecule has 0 radical (unpaired) electrons. The average molecular weight is 378 g/mol. The van der Waals surface area contributed by atoms with Gasteiger partial charge in [-0.3, -0.25) is 0 Å². The van der Waals surface area contributed by atoms with Crippen LogP contribution in [0.1, 0.15) is 49.4 Å². The Labute approximate surface area is 166 Å². The van der Waals surface area contributed by atoms with Crippen molar-refractivity contribution in [3.63, 3.8) is 0 Å². The molecule has 5 heteroatoms. The standard InChI is InChI=1S/C23H26N2O3/c1-3-5-6-7-8-18-27-22-15-13-21(14-16-22)25-24-20-11-9-19(10-12-20)23(26)28-17-4-2/h2,9-16H,3,5-8,17-18H2,1H3. The second-order valence-electron chi connectivity index (χ2n) is 6.28. The highest BCUT2D eigenvalue weighted by Crippen LogP contribution is 2.22. The Kier molecular flexibility index (Phi) is 9.30. The second kappa shape index (κ2) is 12.3. The average Bonchev–Trinajstić information content (AvgIpc) is 2.74. The molecule has 146 valence electrons. The molecule has 0 N–H and O–H groups in total. The molecule has 0 unspecified atom stereocenters. The van der Waals surface area contributed by atoms with Crippen LogP contribution in [0.5, 0.6) is 5.75 Å². The summed E-state index contributed by atoms with van der Waals surface area (Å²) in [5.74, 6) is 2.64. The summed E-state index contributed by atoms with van der Waals surface area (Å²) in [5, 5.41) is 8.37. The zero-order valence-corrected chi connectivity index (χ0v) is 16.3. The van der Waals surface area contributed by atoms with Crippen LogP contribution in [-0.2, 0) is 4.74 Å². The summed E-state index contributed by atoms with van der Waals surface area (Å²) < 4.78 is 10.6. The van der Waals surface area contributed by atoms with E-state index in [1.165, 1.54) is 25.7 Å². The number of nitrogens with zero attached hydrogens (tertiary/aromatic N) is 2. The van der Waals surface area contributed by atoms with E-state index in [1.807, 2.05) is 24.3 Å². The smallest absolute Gasteiger partial charge is 0.339 e. The largest absolute Gasteiger partial charge is 0.494 e. The zero-order valence-electron chi connectivity index (χ0n) is 16.3. The minimum absolute atomic E-state index is 0.0428. The summed E-state index contributed by atoms with van der Waals surface area (Å²) in [6, 6.07) is 14.2. The minimum Gasteiger partial charge on any atom is -0.494 e. The Morgan fingerprint density at radius 1 is 0.929 bits per heavy atom. The van der Waals surface area contributed by atoms with Gasteiger partial charge in [0, 0.05) is 0 Å². The lowest BCUT2D eigenvalue weighted by molar-refractivity contribution is 0.0557. The maximum atomic E-state index is 11.7. The highest BCUT2D eigenvalue weighted by Gasteiger charge is 2.05. The molecule has 0 heterocycles. The number of azo groups is 1. The lowest BCUT2D eigenvalue weighted by atomic mass is 10.2. The number of terminal acetylenes is 1. The van der Waals surface area contributed by atoms with E-state index in [0.29, 0.717) is 11.3 Å².